The van der Waals surface area contributed by atoms with E-state index in [0.717, 1.165) is 72.1 Å². The molecule has 47 heavy (non-hydrogen) atoms. The molecule has 6 aromatic carbocycles. The molecule has 3 heterocycles. The summed E-state index contributed by atoms with van der Waals surface area (Å²) in [7, 11) is 0. The van der Waals surface area contributed by atoms with E-state index in [1.54, 1.807) is 0 Å². The second-order valence-corrected chi connectivity index (χ2v) is 11.3. The van der Waals surface area contributed by atoms with E-state index in [1.165, 1.54) is 5.56 Å². The molecule has 0 aliphatic rings. The molecule has 0 atom stereocenters. The van der Waals surface area contributed by atoms with Crippen LogP contribution in [0.3, 0.4) is 0 Å². The van der Waals surface area contributed by atoms with Crippen LogP contribution in [0.4, 0.5) is 0 Å². The van der Waals surface area contributed by atoms with Gasteiger partial charge in [0.15, 0.2) is 0 Å². The molecular weight excluding hydrogens is 758 g/mol. The molecule has 0 fully saturated rings. The number of para-hydroxylation sites is 3. The molecule has 224 valence electrons. The Morgan fingerprint density at radius 2 is 1.34 bits per heavy atom. The third-order valence-corrected chi connectivity index (χ3v) is 8.49. The van der Waals surface area contributed by atoms with Gasteiger partial charge < -0.3 is 14.0 Å². The molecule has 0 N–H and O–H groups in total. The van der Waals surface area contributed by atoms with Crippen molar-refractivity contribution in [2.24, 2.45) is 0 Å². The first-order valence-electron chi connectivity index (χ1n) is 15.3. The van der Waals surface area contributed by atoms with Crippen LogP contribution in [0.15, 0.2) is 156 Å². The van der Waals surface area contributed by atoms with Crippen molar-refractivity contribution in [1.82, 2.24) is 14.5 Å². The SMILES string of the molecule is [Pt+2].[c-]1c(-c2ccccn2)cccc1-n1c2[c-]c(-c3nc4ccccc4o3)c(-c3ccc(-c4ccccc4)cc3)cc2c2ccccc21. The van der Waals surface area contributed by atoms with Gasteiger partial charge in [0.1, 0.15) is 11.5 Å². The number of fused-ring (bicyclic) bond motifs is 4. The van der Waals surface area contributed by atoms with Crippen LogP contribution in [0.1, 0.15) is 0 Å². The van der Waals surface area contributed by atoms with Crippen molar-refractivity contribution in [2.75, 3.05) is 0 Å². The maximum Gasteiger partial charge on any atom is 2.00 e. The first-order chi connectivity index (χ1) is 22.8. The van der Waals surface area contributed by atoms with Gasteiger partial charge in [0, 0.05) is 11.7 Å². The van der Waals surface area contributed by atoms with E-state index in [-0.39, 0.29) is 21.1 Å². The Labute approximate surface area is 286 Å². The topological polar surface area (TPSA) is 43.9 Å². The molecule has 0 spiro atoms. The van der Waals surface area contributed by atoms with E-state index in [0.29, 0.717) is 5.89 Å². The van der Waals surface area contributed by atoms with E-state index in [1.807, 2.05) is 60.8 Å². The van der Waals surface area contributed by atoms with Gasteiger partial charge in [-0.15, -0.1) is 42.0 Å². The van der Waals surface area contributed by atoms with E-state index in [9.17, 15) is 0 Å². The molecule has 0 amide bonds. The smallest absolute Gasteiger partial charge is 0.481 e. The second-order valence-electron chi connectivity index (χ2n) is 11.3. The van der Waals surface area contributed by atoms with Crippen molar-refractivity contribution in [1.29, 1.82) is 0 Å². The zero-order valence-corrected chi connectivity index (χ0v) is 27.3. The number of rotatable bonds is 5. The minimum absolute atomic E-state index is 0. The maximum absolute atomic E-state index is 6.39. The van der Waals surface area contributed by atoms with Crippen molar-refractivity contribution in [3.8, 4) is 50.7 Å². The van der Waals surface area contributed by atoms with Crippen LogP contribution in [0.25, 0.3) is 83.6 Å². The number of aromatic nitrogens is 3. The zero-order valence-electron chi connectivity index (χ0n) is 25.0. The van der Waals surface area contributed by atoms with E-state index in [2.05, 4.69) is 113 Å². The Balaban J connectivity index is 0.00000324. The fourth-order valence-corrected chi connectivity index (χ4v) is 6.29. The monoisotopic (exact) mass is 782 g/mol. The van der Waals surface area contributed by atoms with Crippen molar-refractivity contribution >= 4 is 32.9 Å². The minimum Gasteiger partial charge on any atom is -0.481 e. The van der Waals surface area contributed by atoms with Gasteiger partial charge in [-0.2, -0.15) is 0 Å². The molecule has 0 bridgehead atoms. The van der Waals surface area contributed by atoms with E-state index in [4.69, 9.17) is 9.40 Å². The van der Waals surface area contributed by atoms with Crippen molar-refractivity contribution in [3.63, 3.8) is 0 Å². The second kappa shape index (κ2) is 12.0. The summed E-state index contributed by atoms with van der Waals surface area (Å²) in [6, 6.07) is 57.3. The third kappa shape index (κ3) is 5.08. The van der Waals surface area contributed by atoms with Gasteiger partial charge in [0.25, 0.3) is 0 Å². The van der Waals surface area contributed by atoms with E-state index >= 15 is 0 Å². The number of nitrogens with zero attached hydrogens (tertiary/aromatic N) is 3. The molecule has 0 aliphatic carbocycles. The molecule has 0 saturated heterocycles. The summed E-state index contributed by atoms with van der Waals surface area (Å²) in [4.78, 5) is 9.50. The van der Waals surface area contributed by atoms with Crippen molar-refractivity contribution in [2.45, 2.75) is 0 Å². The van der Waals surface area contributed by atoms with E-state index < -0.39 is 0 Å². The summed E-state index contributed by atoms with van der Waals surface area (Å²) >= 11 is 0. The average Bonchev–Trinajstić information content (AvgIpc) is 3.71. The van der Waals surface area contributed by atoms with Crippen LogP contribution >= 0.6 is 0 Å². The minimum atomic E-state index is 0. The normalized spacial score (nSPS) is 11.2. The number of hydrogen-bond acceptors (Lipinski definition) is 3. The number of benzene rings is 6. The maximum atomic E-state index is 6.39. The van der Waals surface area contributed by atoms with Crippen LogP contribution in [0, 0.1) is 12.1 Å². The molecule has 3 aromatic heterocycles. The third-order valence-electron chi connectivity index (χ3n) is 8.49. The summed E-state index contributed by atoms with van der Waals surface area (Å²) in [5.74, 6) is 0.535. The Morgan fingerprint density at radius 3 is 2.17 bits per heavy atom. The van der Waals surface area contributed by atoms with Gasteiger partial charge in [-0.1, -0.05) is 119 Å². The summed E-state index contributed by atoms with van der Waals surface area (Å²) in [5, 5.41) is 2.23. The first kappa shape index (κ1) is 28.9. The fraction of sp³-hybridized carbons (Fsp3) is 0. The Kier molecular flexibility index (Phi) is 7.36. The van der Waals surface area contributed by atoms with Crippen LogP contribution in [0.5, 0.6) is 0 Å². The number of oxazole rings is 1. The summed E-state index contributed by atoms with van der Waals surface area (Å²) in [6.45, 7) is 0. The fourth-order valence-electron chi connectivity index (χ4n) is 6.29. The predicted molar refractivity (Wildman–Crippen MR) is 186 cm³/mol. The molecule has 9 rings (SSSR count). The van der Waals surface area contributed by atoms with Crippen LogP contribution in [-0.2, 0) is 21.1 Å². The van der Waals surface area contributed by atoms with Crippen molar-refractivity contribution < 1.29 is 25.5 Å². The Hall–Kier alpha value is -5.57. The molecule has 9 aromatic rings. The molecule has 0 radical (unpaired) electrons. The molecule has 0 saturated carbocycles. The number of pyridine rings is 1. The molecular formula is C42H25N3OPt. The summed E-state index contributed by atoms with van der Waals surface area (Å²) in [5.41, 5.74) is 11.5. The molecule has 5 heteroatoms. The molecule has 0 aliphatic heterocycles. The van der Waals surface area contributed by atoms with Crippen LogP contribution in [0.2, 0.25) is 0 Å². The van der Waals surface area contributed by atoms with Gasteiger partial charge in [-0.25, -0.2) is 0 Å². The largest absolute Gasteiger partial charge is 2.00 e. The summed E-state index contributed by atoms with van der Waals surface area (Å²) < 4.78 is 8.61. The molecule has 0 unspecified atom stereocenters. The van der Waals surface area contributed by atoms with Gasteiger partial charge >= 0.3 is 21.1 Å². The number of hydrogen-bond donors (Lipinski definition) is 0. The zero-order chi connectivity index (χ0) is 30.5. The van der Waals surface area contributed by atoms with Crippen molar-refractivity contribution in [3.05, 3.63) is 164 Å². The molecule has 4 nitrogen and oxygen atoms in total. The predicted octanol–water partition coefficient (Wildman–Crippen LogP) is 10.6. The van der Waals surface area contributed by atoms with Crippen LogP contribution in [-0.4, -0.2) is 14.5 Å². The van der Waals surface area contributed by atoms with Crippen LogP contribution < -0.4 is 0 Å². The summed E-state index contributed by atoms with van der Waals surface area (Å²) in [6.07, 6.45) is 1.81. The van der Waals surface area contributed by atoms with Gasteiger partial charge in [0.2, 0.25) is 0 Å². The standard InChI is InChI=1S/C42H25N3O.Pt/c1-2-11-28(12-3-1)29-20-22-30(23-21-29)34-26-35-33-15-4-6-18-39(33)45(32-14-10-13-31(25-32)37-16-8-9-24-43-37)40(35)27-36(34)42-44-38-17-5-7-19-41(38)46-42;/h1-24,26H;/q-2;+2. The van der Waals surface area contributed by atoms with Gasteiger partial charge in [0.05, 0.1) is 5.52 Å². The quantitative estimate of drug-likeness (QED) is 0.163. The Bertz CT molecular complexity index is 2480. The van der Waals surface area contributed by atoms with Gasteiger partial charge in [-0.05, 0) is 57.7 Å². The Morgan fingerprint density at radius 1 is 0.596 bits per heavy atom. The first-order valence-corrected chi connectivity index (χ1v) is 15.3. The van der Waals surface area contributed by atoms with Gasteiger partial charge in [-0.3, -0.25) is 4.98 Å². The average molecular weight is 783 g/mol.